The van der Waals surface area contributed by atoms with Gasteiger partial charge in [-0.2, -0.15) is 0 Å². The normalized spacial score (nSPS) is 21.5. The number of carbonyl (C=O) groups excluding carboxylic acids is 2. The van der Waals surface area contributed by atoms with Crippen molar-refractivity contribution in [1.82, 2.24) is 20.0 Å². The smallest absolute Gasteiger partial charge is 0.251 e. The summed E-state index contributed by atoms with van der Waals surface area (Å²) in [7, 11) is 0. The maximum absolute atomic E-state index is 12.8. The number of hydrogen-bond donors (Lipinski definition) is 1. The van der Waals surface area contributed by atoms with Gasteiger partial charge in [0.05, 0.1) is 6.54 Å². The van der Waals surface area contributed by atoms with Crippen LogP contribution in [0.25, 0.3) is 0 Å². The molecule has 0 aromatic heterocycles. The highest BCUT2D eigenvalue weighted by molar-refractivity contribution is 5.94. The van der Waals surface area contributed by atoms with E-state index in [2.05, 4.69) is 38.8 Å². The molecule has 182 valence electrons. The van der Waals surface area contributed by atoms with Gasteiger partial charge < -0.3 is 15.1 Å². The molecule has 4 rings (SSSR count). The molecule has 2 amide bonds. The first-order valence-electron chi connectivity index (χ1n) is 12.9. The molecule has 1 saturated carbocycles. The van der Waals surface area contributed by atoms with E-state index in [1.807, 2.05) is 24.3 Å². The van der Waals surface area contributed by atoms with E-state index in [0.29, 0.717) is 12.1 Å². The van der Waals surface area contributed by atoms with Crippen molar-refractivity contribution in [2.75, 3.05) is 63.8 Å². The number of anilines is 1. The van der Waals surface area contributed by atoms with Crippen LogP contribution in [-0.4, -0.2) is 97.5 Å². The second kappa shape index (κ2) is 11.3. The van der Waals surface area contributed by atoms with E-state index in [0.717, 1.165) is 76.9 Å². The third-order valence-electron chi connectivity index (χ3n) is 7.58. The van der Waals surface area contributed by atoms with E-state index in [1.165, 1.54) is 19.3 Å². The molecule has 2 aliphatic heterocycles. The summed E-state index contributed by atoms with van der Waals surface area (Å²) in [6, 6.07) is 8.90. The number of nitrogens with zero attached hydrogens (tertiary/aromatic N) is 4. The Hall–Kier alpha value is -2.12. The van der Waals surface area contributed by atoms with Crippen molar-refractivity contribution in [1.29, 1.82) is 0 Å². The predicted molar refractivity (Wildman–Crippen MR) is 133 cm³/mol. The lowest BCUT2D eigenvalue weighted by molar-refractivity contribution is -0.134. The molecule has 33 heavy (non-hydrogen) atoms. The minimum absolute atomic E-state index is 0.000600. The van der Waals surface area contributed by atoms with Gasteiger partial charge in [-0.1, -0.05) is 19.8 Å². The third-order valence-corrected chi connectivity index (χ3v) is 7.58. The van der Waals surface area contributed by atoms with E-state index in [-0.39, 0.29) is 17.9 Å². The fourth-order valence-corrected chi connectivity index (χ4v) is 5.18. The van der Waals surface area contributed by atoms with Gasteiger partial charge in [0.25, 0.3) is 5.91 Å². The zero-order chi connectivity index (χ0) is 23.2. The van der Waals surface area contributed by atoms with Crippen molar-refractivity contribution in [3.05, 3.63) is 29.8 Å². The maximum Gasteiger partial charge on any atom is 0.251 e. The Labute approximate surface area is 199 Å². The molecule has 2 heterocycles. The van der Waals surface area contributed by atoms with E-state index < -0.39 is 0 Å². The van der Waals surface area contributed by atoms with Gasteiger partial charge in [-0.25, -0.2) is 0 Å². The summed E-state index contributed by atoms with van der Waals surface area (Å²) in [4.78, 5) is 34.5. The van der Waals surface area contributed by atoms with Crippen LogP contribution in [0.4, 0.5) is 5.69 Å². The van der Waals surface area contributed by atoms with Crippen molar-refractivity contribution in [3.63, 3.8) is 0 Å². The lowest BCUT2D eigenvalue weighted by Crippen LogP contribution is -2.56. The lowest BCUT2D eigenvalue weighted by atomic mass is 9.91. The van der Waals surface area contributed by atoms with Crippen molar-refractivity contribution in [3.8, 4) is 0 Å². The average molecular weight is 456 g/mol. The zero-order valence-electron chi connectivity index (χ0n) is 20.5. The van der Waals surface area contributed by atoms with Gasteiger partial charge in [0, 0.05) is 75.7 Å². The van der Waals surface area contributed by atoms with Crippen LogP contribution in [0.15, 0.2) is 24.3 Å². The Morgan fingerprint density at radius 3 is 2.21 bits per heavy atom. The quantitative estimate of drug-likeness (QED) is 0.653. The van der Waals surface area contributed by atoms with Gasteiger partial charge in [0.1, 0.15) is 0 Å². The van der Waals surface area contributed by atoms with Gasteiger partial charge in [-0.05, 0) is 50.5 Å². The second-order valence-electron chi connectivity index (χ2n) is 9.97. The molecule has 0 radical (unpaired) electrons. The van der Waals surface area contributed by atoms with Crippen molar-refractivity contribution in [2.24, 2.45) is 0 Å². The standard InChI is InChI=1S/C26H41N5O2/c1-3-5-21(2)27-26(33)22-8-10-24(11-9-22)29-14-12-28(13-15-29)20-25(32)31-18-16-30(17-19-31)23-6-4-7-23/h8-11,21,23H,3-7,12-20H2,1-2H3,(H,27,33). The molecule has 3 fully saturated rings. The van der Waals surface area contributed by atoms with E-state index in [1.54, 1.807) is 0 Å². The largest absolute Gasteiger partial charge is 0.369 e. The Balaban J connectivity index is 1.19. The fraction of sp³-hybridized carbons (Fsp3) is 0.692. The summed E-state index contributed by atoms with van der Waals surface area (Å²) in [6.45, 7) is 12.1. The topological polar surface area (TPSA) is 59.1 Å². The van der Waals surface area contributed by atoms with E-state index in [9.17, 15) is 9.59 Å². The molecule has 0 spiro atoms. The number of benzene rings is 1. The maximum atomic E-state index is 12.8. The molecule has 3 aliphatic rings. The summed E-state index contributed by atoms with van der Waals surface area (Å²) in [5.74, 6) is 0.281. The molecule has 1 aromatic rings. The SMILES string of the molecule is CCCC(C)NC(=O)c1ccc(N2CCN(CC(=O)N3CCN(C4CCC4)CC3)CC2)cc1. The molecule has 1 unspecified atom stereocenters. The number of amides is 2. The molecular formula is C26H41N5O2. The lowest BCUT2D eigenvalue weighted by Gasteiger charge is -2.43. The first-order chi connectivity index (χ1) is 16.0. The first-order valence-corrected chi connectivity index (χ1v) is 12.9. The summed E-state index contributed by atoms with van der Waals surface area (Å²) >= 11 is 0. The second-order valence-corrected chi connectivity index (χ2v) is 9.97. The van der Waals surface area contributed by atoms with Gasteiger partial charge in [-0.3, -0.25) is 19.4 Å². The van der Waals surface area contributed by atoms with Crippen LogP contribution in [0.2, 0.25) is 0 Å². The predicted octanol–water partition coefficient (Wildman–Crippen LogP) is 2.42. The van der Waals surface area contributed by atoms with Gasteiger partial charge in [-0.15, -0.1) is 0 Å². The summed E-state index contributed by atoms with van der Waals surface area (Å²) in [6.07, 6.45) is 6.11. The number of nitrogens with one attached hydrogen (secondary N) is 1. The summed E-state index contributed by atoms with van der Waals surface area (Å²) in [5.41, 5.74) is 1.86. The highest BCUT2D eigenvalue weighted by Gasteiger charge is 2.30. The van der Waals surface area contributed by atoms with Crippen LogP contribution in [0, 0.1) is 0 Å². The Morgan fingerprint density at radius 1 is 0.970 bits per heavy atom. The van der Waals surface area contributed by atoms with Crippen LogP contribution in [0.3, 0.4) is 0 Å². The molecule has 2 saturated heterocycles. The molecule has 1 aromatic carbocycles. The first kappa shape index (κ1) is 24.0. The molecule has 1 aliphatic carbocycles. The van der Waals surface area contributed by atoms with Gasteiger partial charge in [0.2, 0.25) is 5.91 Å². The Bertz CT molecular complexity index is 778. The highest BCUT2D eigenvalue weighted by Crippen LogP contribution is 2.25. The summed E-state index contributed by atoms with van der Waals surface area (Å²) < 4.78 is 0. The molecule has 1 atom stereocenters. The third kappa shape index (κ3) is 6.27. The van der Waals surface area contributed by atoms with E-state index >= 15 is 0 Å². The van der Waals surface area contributed by atoms with Crippen LogP contribution >= 0.6 is 0 Å². The summed E-state index contributed by atoms with van der Waals surface area (Å²) in [5, 5.41) is 3.06. The Kier molecular flexibility index (Phi) is 8.25. The zero-order valence-corrected chi connectivity index (χ0v) is 20.5. The Morgan fingerprint density at radius 2 is 1.64 bits per heavy atom. The minimum atomic E-state index is -0.000600. The van der Waals surface area contributed by atoms with Crippen molar-refractivity contribution < 1.29 is 9.59 Å². The molecule has 7 nitrogen and oxygen atoms in total. The fourth-order valence-electron chi connectivity index (χ4n) is 5.18. The van der Waals surface area contributed by atoms with Crippen LogP contribution in [-0.2, 0) is 4.79 Å². The number of carbonyl (C=O) groups is 2. The van der Waals surface area contributed by atoms with Crippen molar-refractivity contribution >= 4 is 17.5 Å². The van der Waals surface area contributed by atoms with Gasteiger partial charge in [0.15, 0.2) is 0 Å². The highest BCUT2D eigenvalue weighted by atomic mass is 16.2. The number of piperazine rings is 2. The minimum Gasteiger partial charge on any atom is -0.369 e. The van der Waals surface area contributed by atoms with Crippen LogP contribution in [0.1, 0.15) is 56.3 Å². The molecule has 1 N–H and O–H groups in total. The monoisotopic (exact) mass is 455 g/mol. The van der Waals surface area contributed by atoms with Gasteiger partial charge >= 0.3 is 0 Å². The molecule has 0 bridgehead atoms. The number of hydrogen-bond acceptors (Lipinski definition) is 5. The van der Waals surface area contributed by atoms with Crippen LogP contribution < -0.4 is 10.2 Å². The number of rotatable bonds is 8. The molecular weight excluding hydrogens is 414 g/mol. The van der Waals surface area contributed by atoms with Crippen molar-refractivity contribution in [2.45, 2.75) is 58.0 Å². The van der Waals surface area contributed by atoms with E-state index in [4.69, 9.17) is 0 Å². The van der Waals surface area contributed by atoms with Crippen LogP contribution in [0.5, 0.6) is 0 Å². The molecule has 7 heteroatoms. The average Bonchev–Trinajstić information content (AvgIpc) is 2.79.